The molecule has 2 heterocycles. The van der Waals surface area contributed by atoms with Crippen LogP contribution in [0, 0.1) is 0 Å². The van der Waals surface area contributed by atoms with E-state index in [1.54, 1.807) is 6.20 Å². The number of nitrogens with zero attached hydrogens (tertiary/aromatic N) is 2. The summed E-state index contributed by atoms with van der Waals surface area (Å²) in [6, 6.07) is 11.5. The number of anilines is 3. The van der Waals surface area contributed by atoms with Crippen molar-refractivity contribution in [1.82, 2.24) is 4.98 Å². The molecule has 5 heteroatoms. The Morgan fingerprint density at radius 2 is 2.10 bits per heavy atom. The number of carbonyl (C=O) groups excluding carboxylic acids is 1. The summed E-state index contributed by atoms with van der Waals surface area (Å²) in [6.07, 6.45) is 2.42. The number of para-hydroxylation sites is 1. The standard InChI is InChI=1S/C16H18N4O/c1-20(2)15-13(8-5-9-17-15)19-16(21)14-10-11-6-3-4-7-12(11)18-14/h3-9,14,18H,10H2,1-2H3,(H,19,21). The molecule has 1 aliphatic heterocycles. The van der Waals surface area contributed by atoms with Gasteiger partial charge in [-0.3, -0.25) is 4.79 Å². The lowest BCUT2D eigenvalue weighted by Crippen LogP contribution is -2.33. The second-order valence-electron chi connectivity index (χ2n) is 5.32. The van der Waals surface area contributed by atoms with E-state index in [-0.39, 0.29) is 11.9 Å². The minimum absolute atomic E-state index is 0.0395. The van der Waals surface area contributed by atoms with E-state index in [0.717, 1.165) is 17.2 Å². The first kappa shape index (κ1) is 13.4. The van der Waals surface area contributed by atoms with Gasteiger partial charge < -0.3 is 15.5 Å². The van der Waals surface area contributed by atoms with E-state index in [0.29, 0.717) is 6.42 Å². The van der Waals surface area contributed by atoms with Crippen molar-refractivity contribution in [2.45, 2.75) is 12.5 Å². The Labute approximate surface area is 124 Å². The van der Waals surface area contributed by atoms with Crippen LogP contribution in [-0.4, -0.2) is 31.0 Å². The highest BCUT2D eigenvalue weighted by atomic mass is 16.2. The topological polar surface area (TPSA) is 57.3 Å². The zero-order valence-electron chi connectivity index (χ0n) is 12.1. The number of hydrogen-bond donors (Lipinski definition) is 2. The number of fused-ring (bicyclic) bond motifs is 1. The Balaban J connectivity index is 1.74. The van der Waals surface area contributed by atoms with Crippen molar-refractivity contribution >= 4 is 23.1 Å². The third-order valence-electron chi connectivity index (χ3n) is 3.56. The summed E-state index contributed by atoms with van der Waals surface area (Å²) in [5.74, 6) is 0.712. The van der Waals surface area contributed by atoms with Crippen molar-refractivity contribution in [3.05, 3.63) is 48.2 Å². The lowest BCUT2D eigenvalue weighted by Gasteiger charge is -2.18. The SMILES string of the molecule is CN(C)c1ncccc1NC(=O)C1Cc2ccccc2N1. The van der Waals surface area contributed by atoms with Gasteiger partial charge in [-0.05, 0) is 23.8 Å². The Bertz CT molecular complexity index is 644. The van der Waals surface area contributed by atoms with Crippen LogP contribution in [-0.2, 0) is 11.2 Å². The average Bonchev–Trinajstić information content (AvgIpc) is 2.91. The van der Waals surface area contributed by atoms with Crippen LogP contribution in [0.15, 0.2) is 42.6 Å². The zero-order chi connectivity index (χ0) is 14.8. The third kappa shape index (κ3) is 2.67. The molecule has 0 bridgehead atoms. The van der Waals surface area contributed by atoms with Gasteiger partial charge in [0.15, 0.2) is 5.82 Å². The second-order valence-corrected chi connectivity index (χ2v) is 5.32. The van der Waals surface area contributed by atoms with Gasteiger partial charge in [0.2, 0.25) is 5.91 Å². The molecule has 0 fully saturated rings. The number of hydrogen-bond acceptors (Lipinski definition) is 4. The fourth-order valence-corrected chi connectivity index (χ4v) is 2.53. The Hall–Kier alpha value is -2.56. The highest BCUT2D eigenvalue weighted by Crippen LogP contribution is 2.27. The van der Waals surface area contributed by atoms with E-state index < -0.39 is 0 Å². The van der Waals surface area contributed by atoms with Gasteiger partial charge in [0.05, 0.1) is 5.69 Å². The first-order valence-electron chi connectivity index (χ1n) is 6.93. The van der Waals surface area contributed by atoms with Crippen LogP contribution in [0.4, 0.5) is 17.2 Å². The van der Waals surface area contributed by atoms with Gasteiger partial charge in [0.25, 0.3) is 0 Å². The minimum Gasteiger partial charge on any atom is -0.373 e. The number of amides is 1. The van der Waals surface area contributed by atoms with E-state index >= 15 is 0 Å². The molecule has 1 unspecified atom stereocenters. The van der Waals surface area contributed by atoms with Crippen LogP contribution >= 0.6 is 0 Å². The van der Waals surface area contributed by atoms with Crippen LogP contribution in [0.2, 0.25) is 0 Å². The molecule has 0 radical (unpaired) electrons. The van der Waals surface area contributed by atoms with E-state index in [1.807, 2.05) is 55.4 Å². The van der Waals surface area contributed by atoms with E-state index in [9.17, 15) is 4.79 Å². The fourth-order valence-electron chi connectivity index (χ4n) is 2.53. The number of pyridine rings is 1. The largest absolute Gasteiger partial charge is 0.373 e. The molecule has 1 amide bonds. The number of carbonyl (C=O) groups is 1. The summed E-state index contributed by atoms with van der Waals surface area (Å²) in [4.78, 5) is 18.6. The fraction of sp³-hybridized carbons (Fsp3) is 0.250. The normalized spacial score (nSPS) is 16.0. The number of aromatic nitrogens is 1. The summed E-state index contributed by atoms with van der Waals surface area (Å²) in [6.45, 7) is 0. The maximum atomic E-state index is 12.4. The first-order chi connectivity index (χ1) is 10.1. The highest BCUT2D eigenvalue weighted by Gasteiger charge is 2.26. The van der Waals surface area contributed by atoms with Crippen LogP contribution in [0.5, 0.6) is 0 Å². The van der Waals surface area contributed by atoms with E-state index in [4.69, 9.17) is 0 Å². The predicted octanol–water partition coefficient (Wildman–Crippen LogP) is 2.12. The molecular formula is C16H18N4O. The van der Waals surface area contributed by atoms with Crippen LogP contribution in [0.1, 0.15) is 5.56 Å². The Morgan fingerprint density at radius 1 is 1.29 bits per heavy atom. The molecule has 2 aromatic rings. The number of nitrogens with one attached hydrogen (secondary N) is 2. The summed E-state index contributed by atoms with van der Waals surface area (Å²) in [7, 11) is 3.81. The van der Waals surface area contributed by atoms with Gasteiger partial charge in [-0.1, -0.05) is 18.2 Å². The lowest BCUT2D eigenvalue weighted by atomic mass is 10.1. The van der Waals surface area contributed by atoms with Crippen molar-refractivity contribution in [2.24, 2.45) is 0 Å². The summed E-state index contributed by atoms with van der Waals surface area (Å²) in [5.41, 5.74) is 2.94. The molecule has 0 saturated heterocycles. The quantitative estimate of drug-likeness (QED) is 0.905. The maximum absolute atomic E-state index is 12.4. The third-order valence-corrected chi connectivity index (χ3v) is 3.56. The molecule has 0 spiro atoms. The van der Waals surface area contributed by atoms with Crippen LogP contribution in [0.25, 0.3) is 0 Å². The van der Waals surface area contributed by atoms with E-state index in [1.165, 1.54) is 5.56 Å². The Morgan fingerprint density at radius 3 is 2.86 bits per heavy atom. The molecule has 5 nitrogen and oxygen atoms in total. The smallest absolute Gasteiger partial charge is 0.247 e. The molecule has 0 aliphatic carbocycles. The zero-order valence-corrected chi connectivity index (χ0v) is 12.1. The summed E-state index contributed by atoms with van der Waals surface area (Å²) in [5, 5.41) is 6.22. The van der Waals surface area contributed by atoms with Gasteiger partial charge in [-0.2, -0.15) is 0 Å². The van der Waals surface area contributed by atoms with Crippen molar-refractivity contribution in [3.63, 3.8) is 0 Å². The molecule has 108 valence electrons. The van der Waals surface area contributed by atoms with Gasteiger partial charge in [0.1, 0.15) is 6.04 Å². The maximum Gasteiger partial charge on any atom is 0.247 e. The average molecular weight is 282 g/mol. The lowest BCUT2D eigenvalue weighted by molar-refractivity contribution is -0.116. The molecule has 1 aromatic heterocycles. The molecule has 1 aromatic carbocycles. The molecule has 1 atom stereocenters. The molecular weight excluding hydrogens is 264 g/mol. The molecule has 21 heavy (non-hydrogen) atoms. The van der Waals surface area contributed by atoms with Gasteiger partial charge in [-0.15, -0.1) is 0 Å². The first-order valence-corrected chi connectivity index (χ1v) is 6.93. The minimum atomic E-state index is -0.238. The highest BCUT2D eigenvalue weighted by molar-refractivity contribution is 5.99. The molecule has 0 saturated carbocycles. The van der Waals surface area contributed by atoms with Crippen molar-refractivity contribution in [1.29, 1.82) is 0 Å². The molecule has 3 rings (SSSR count). The monoisotopic (exact) mass is 282 g/mol. The Kier molecular flexibility index (Phi) is 3.48. The van der Waals surface area contributed by atoms with E-state index in [2.05, 4.69) is 15.6 Å². The van der Waals surface area contributed by atoms with Crippen molar-refractivity contribution in [2.75, 3.05) is 29.6 Å². The second kappa shape index (κ2) is 5.44. The predicted molar refractivity (Wildman–Crippen MR) is 84.8 cm³/mol. The van der Waals surface area contributed by atoms with Crippen molar-refractivity contribution < 1.29 is 4.79 Å². The van der Waals surface area contributed by atoms with Crippen LogP contribution in [0.3, 0.4) is 0 Å². The van der Waals surface area contributed by atoms with Gasteiger partial charge in [0, 0.05) is 32.4 Å². The summed E-state index contributed by atoms with van der Waals surface area (Å²) >= 11 is 0. The number of benzene rings is 1. The van der Waals surface area contributed by atoms with Crippen molar-refractivity contribution in [3.8, 4) is 0 Å². The number of rotatable bonds is 3. The van der Waals surface area contributed by atoms with Gasteiger partial charge >= 0.3 is 0 Å². The van der Waals surface area contributed by atoms with Gasteiger partial charge in [-0.25, -0.2) is 4.98 Å². The summed E-state index contributed by atoms with van der Waals surface area (Å²) < 4.78 is 0. The molecule has 2 N–H and O–H groups in total. The van der Waals surface area contributed by atoms with Crippen LogP contribution < -0.4 is 15.5 Å². The molecule has 1 aliphatic rings.